The van der Waals surface area contributed by atoms with E-state index in [1.54, 1.807) is 6.08 Å². The molecule has 0 N–H and O–H groups in total. The van der Waals surface area contributed by atoms with E-state index in [0.29, 0.717) is 5.70 Å². The number of allylic oxidation sites excluding steroid dienone is 4. The lowest BCUT2D eigenvalue weighted by molar-refractivity contribution is 0.890. The lowest BCUT2D eigenvalue weighted by atomic mass is 10.1. The van der Waals surface area contributed by atoms with Gasteiger partial charge in [0.15, 0.2) is 0 Å². The number of hydrogen-bond donors (Lipinski definition) is 0. The molecule has 0 fully saturated rings. The Balaban J connectivity index is 2.69. The van der Waals surface area contributed by atoms with Crippen LogP contribution in [0.1, 0.15) is 19.8 Å². The minimum atomic E-state index is 0.667. The lowest BCUT2D eigenvalue weighted by Crippen LogP contribution is -1.86. The number of hydrogen-bond acceptors (Lipinski definition) is 2. The van der Waals surface area contributed by atoms with E-state index in [1.807, 2.05) is 6.08 Å². The molecule has 0 aliphatic heterocycles. The van der Waals surface area contributed by atoms with Crippen LogP contribution in [-0.2, 0) is 0 Å². The largest absolute Gasteiger partial charge is 0.145 e. The molecule has 1 aliphatic rings. The molecule has 0 saturated heterocycles. The Labute approximate surface area is 54.2 Å². The molecule has 0 heterocycles. The molecule has 2 heteroatoms. The molecule has 2 nitrogen and oxygen atoms in total. The van der Waals surface area contributed by atoms with Gasteiger partial charge in [-0.1, -0.05) is 11.6 Å². The van der Waals surface area contributed by atoms with Crippen molar-refractivity contribution in [2.75, 3.05) is 0 Å². The van der Waals surface area contributed by atoms with Crippen LogP contribution >= 0.6 is 0 Å². The average molecular weight is 123 g/mol. The quantitative estimate of drug-likeness (QED) is 0.492. The third kappa shape index (κ3) is 1.49. The zero-order valence-corrected chi connectivity index (χ0v) is 5.42. The van der Waals surface area contributed by atoms with Gasteiger partial charge in [-0.2, -0.15) is 0 Å². The van der Waals surface area contributed by atoms with Crippen LogP contribution in [0.4, 0.5) is 0 Å². The van der Waals surface area contributed by atoms with Crippen molar-refractivity contribution in [3.8, 4) is 0 Å². The molecular weight excluding hydrogens is 114 g/mol. The van der Waals surface area contributed by atoms with Gasteiger partial charge in [0.05, 0.1) is 5.70 Å². The predicted molar refractivity (Wildman–Crippen MR) is 36.9 cm³/mol. The monoisotopic (exact) mass is 123 g/mol. The van der Waals surface area contributed by atoms with Gasteiger partial charge in [-0.25, -0.2) is 0 Å². The van der Waals surface area contributed by atoms with Crippen molar-refractivity contribution in [1.29, 1.82) is 0 Å². The molecule has 0 bridgehead atoms. The van der Waals surface area contributed by atoms with Crippen molar-refractivity contribution in [3.63, 3.8) is 0 Å². The van der Waals surface area contributed by atoms with Crippen LogP contribution < -0.4 is 0 Å². The Morgan fingerprint density at radius 1 is 1.44 bits per heavy atom. The summed E-state index contributed by atoms with van der Waals surface area (Å²) in [4.78, 5) is 9.92. The third-order valence-electron chi connectivity index (χ3n) is 1.45. The summed E-state index contributed by atoms with van der Waals surface area (Å²) in [5, 5.41) is 2.85. The van der Waals surface area contributed by atoms with Gasteiger partial charge in [0.1, 0.15) is 0 Å². The van der Waals surface area contributed by atoms with Gasteiger partial charge in [0.25, 0.3) is 0 Å². The first-order valence-corrected chi connectivity index (χ1v) is 3.02. The predicted octanol–water partition coefficient (Wildman–Crippen LogP) is 2.38. The fourth-order valence-corrected chi connectivity index (χ4v) is 0.806. The summed E-state index contributed by atoms with van der Waals surface area (Å²) in [6.45, 7) is 2.05. The zero-order chi connectivity index (χ0) is 6.69. The van der Waals surface area contributed by atoms with E-state index in [1.165, 1.54) is 5.57 Å². The first-order valence-electron chi connectivity index (χ1n) is 3.02. The van der Waals surface area contributed by atoms with E-state index in [2.05, 4.69) is 12.1 Å². The highest BCUT2D eigenvalue weighted by molar-refractivity contribution is 5.21. The summed E-state index contributed by atoms with van der Waals surface area (Å²) >= 11 is 0. The van der Waals surface area contributed by atoms with E-state index in [-0.39, 0.29) is 0 Å². The van der Waals surface area contributed by atoms with E-state index in [0.717, 1.165) is 12.8 Å². The SMILES string of the molecule is CC1=CC=C(N=O)CC1. The van der Waals surface area contributed by atoms with Gasteiger partial charge in [-0.3, -0.25) is 0 Å². The number of rotatable bonds is 1. The van der Waals surface area contributed by atoms with Crippen LogP contribution in [0.2, 0.25) is 0 Å². The minimum absolute atomic E-state index is 0.667. The minimum Gasteiger partial charge on any atom is -0.145 e. The van der Waals surface area contributed by atoms with Crippen molar-refractivity contribution in [1.82, 2.24) is 0 Å². The molecule has 0 aromatic carbocycles. The fraction of sp³-hybridized carbons (Fsp3) is 0.429. The molecular formula is C7H9NO. The molecule has 0 amide bonds. The summed E-state index contributed by atoms with van der Waals surface area (Å²) in [5.74, 6) is 0. The van der Waals surface area contributed by atoms with Crippen LogP contribution in [0.5, 0.6) is 0 Å². The first-order chi connectivity index (χ1) is 4.33. The Hall–Kier alpha value is -0.920. The van der Waals surface area contributed by atoms with Gasteiger partial charge in [-0.15, -0.1) is 4.91 Å². The standard InChI is InChI=1S/C7H9NO/c1-6-2-4-7(8-9)5-3-6/h2,4H,3,5H2,1H3. The Morgan fingerprint density at radius 3 is 2.67 bits per heavy atom. The van der Waals surface area contributed by atoms with Crippen molar-refractivity contribution in [2.24, 2.45) is 5.18 Å². The van der Waals surface area contributed by atoms with E-state index in [9.17, 15) is 4.91 Å². The third-order valence-corrected chi connectivity index (χ3v) is 1.45. The zero-order valence-electron chi connectivity index (χ0n) is 5.42. The summed E-state index contributed by atoms with van der Waals surface area (Å²) in [7, 11) is 0. The summed E-state index contributed by atoms with van der Waals surface area (Å²) in [5.41, 5.74) is 1.99. The van der Waals surface area contributed by atoms with Crippen LogP contribution in [-0.4, -0.2) is 0 Å². The van der Waals surface area contributed by atoms with Crippen LogP contribution in [0.3, 0.4) is 0 Å². The van der Waals surface area contributed by atoms with Gasteiger partial charge < -0.3 is 0 Å². The topological polar surface area (TPSA) is 29.4 Å². The molecule has 1 aliphatic carbocycles. The maximum absolute atomic E-state index is 9.92. The van der Waals surface area contributed by atoms with E-state index >= 15 is 0 Å². The van der Waals surface area contributed by atoms with Gasteiger partial charge in [-0.05, 0) is 31.0 Å². The van der Waals surface area contributed by atoms with Gasteiger partial charge >= 0.3 is 0 Å². The molecule has 0 saturated carbocycles. The van der Waals surface area contributed by atoms with Gasteiger partial charge in [0, 0.05) is 0 Å². The molecule has 0 spiro atoms. The lowest BCUT2D eigenvalue weighted by Gasteiger charge is -2.03. The number of nitroso groups, excluding NO2 is 1. The maximum atomic E-state index is 9.92. The Morgan fingerprint density at radius 2 is 2.22 bits per heavy atom. The number of nitrogens with zero attached hydrogens (tertiary/aromatic N) is 1. The van der Waals surface area contributed by atoms with E-state index in [4.69, 9.17) is 0 Å². The molecule has 48 valence electrons. The molecule has 0 aromatic rings. The highest BCUT2D eigenvalue weighted by Crippen LogP contribution is 2.17. The van der Waals surface area contributed by atoms with Crippen LogP contribution in [0, 0.1) is 4.91 Å². The molecule has 9 heavy (non-hydrogen) atoms. The Bertz CT molecular complexity index is 179. The first kappa shape index (κ1) is 6.20. The van der Waals surface area contributed by atoms with Crippen LogP contribution in [0.15, 0.2) is 28.6 Å². The second-order valence-corrected chi connectivity index (χ2v) is 2.26. The molecule has 0 unspecified atom stereocenters. The molecule has 0 radical (unpaired) electrons. The second-order valence-electron chi connectivity index (χ2n) is 2.26. The molecule has 0 atom stereocenters. The van der Waals surface area contributed by atoms with Crippen molar-refractivity contribution in [3.05, 3.63) is 28.3 Å². The van der Waals surface area contributed by atoms with Crippen molar-refractivity contribution >= 4 is 0 Å². The molecule has 0 aromatic heterocycles. The second kappa shape index (κ2) is 2.58. The van der Waals surface area contributed by atoms with E-state index < -0.39 is 0 Å². The smallest absolute Gasteiger partial charge is 0.0852 e. The summed E-state index contributed by atoms with van der Waals surface area (Å²) < 4.78 is 0. The summed E-state index contributed by atoms with van der Waals surface area (Å²) in [6, 6.07) is 0. The highest BCUT2D eigenvalue weighted by Gasteiger charge is 2.01. The van der Waals surface area contributed by atoms with Crippen molar-refractivity contribution < 1.29 is 0 Å². The molecule has 1 rings (SSSR count). The summed E-state index contributed by atoms with van der Waals surface area (Å²) in [6.07, 6.45) is 5.52. The Kier molecular flexibility index (Phi) is 1.78. The maximum Gasteiger partial charge on any atom is 0.0852 e. The van der Waals surface area contributed by atoms with Gasteiger partial charge in [0.2, 0.25) is 0 Å². The average Bonchev–Trinajstić information content (AvgIpc) is 1.90. The highest BCUT2D eigenvalue weighted by atomic mass is 16.3. The van der Waals surface area contributed by atoms with Crippen molar-refractivity contribution in [2.45, 2.75) is 19.8 Å². The normalized spacial score (nSPS) is 18.3. The van der Waals surface area contributed by atoms with Crippen LogP contribution in [0.25, 0.3) is 0 Å². The fourth-order valence-electron chi connectivity index (χ4n) is 0.806.